The van der Waals surface area contributed by atoms with E-state index in [1.54, 1.807) is 23.1 Å². The Morgan fingerprint density at radius 1 is 1.19 bits per heavy atom. The molecule has 0 aromatic heterocycles. The van der Waals surface area contributed by atoms with Gasteiger partial charge in [-0.3, -0.25) is 4.79 Å². The maximum atomic E-state index is 12.8. The van der Waals surface area contributed by atoms with Gasteiger partial charge in [-0.15, -0.1) is 0 Å². The first-order valence-electron chi connectivity index (χ1n) is 9.09. The van der Waals surface area contributed by atoms with Crippen LogP contribution in [0, 0.1) is 0 Å². The summed E-state index contributed by atoms with van der Waals surface area (Å²) in [5.74, 6) is 0.0345. The summed E-state index contributed by atoms with van der Waals surface area (Å²) in [6.07, 6.45) is 0. The Bertz CT molecular complexity index is 953. The van der Waals surface area contributed by atoms with Gasteiger partial charge in [0.05, 0.1) is 4.90 Å². The summed E-state index contributed by atoms with van der Waals surface area (Å²) in [5.41, 5.74) is 2.48. The van der Waals surface area contributed by atoms with Gasteiger partial charge in [0.25, 0.3) is 0 Å². The third-order valence-electron chi connectivity index (χ3n) is 5.18. The molecular weight excluding hydrogens is 360 g/mol. The van der Waals surface area contributed by atoms with Crippen LogP contribution in [0.3, 0.4) is 0 Å². The first kappa shape index (κ1) is 19.6. The fraction of sp³-hybridized carbons (Fsp3) is 0.381. The standard InChI is InChI=1S/C21H26N2O3S/c1-15(17-8-6-5-7-9-17)13-22-27(25,26)18-10-11-20-19(12-18)21(3,4)14-23(20)16(2)24/h5-12,15,22H,13-14H2,1-4H3/t15-/m1/s1. The van der Waals surface area contributed by atoms with Gasteiger partial charge in [-0.2, -0.15) is 0 Å². The zero-order valence-electron chi connectivity index (χ0n) is 16.2. The number of carbonyl (C=O) groups excluding carboxylic acids is 1. The van der Waals surface area contributed by atoms with Gasteiger partial charge < -0.3 is 4.90 Å². The maximum absolute atomic E-state index is 12.8. The molecule has 0 bridgehead atoms. The topological polar surface area (TPSA) is 66.5 Å². The number of hydrogen-bond acceptors (Lipinski definition) is 3. The number of anilines is 1. The maximum Gasteiger partial charge on any atom is 0.240 e. The number of carbonyl (C=O) groups is 1. The Hall–Kier alpha value is -2.18. The molecule has 1 atom stereocenters. The SMILES string of the molecule is CC(=O)N1CC(C)(C)c2cc(S(=O)(=O)NC[C@@H](C)c3ccccc3)ccc21. The molecule has 1 aliphatic heterocycles. The van der Waals surface area contributed by atoms with Crippen molar-refractivity contribution < 1.29 is 13.2 Å². The highest BCUT2D eigenvalue weighted by molar-refractivity contribution is 7.89. The highest BCUT2D eigenvalue weighted by Gasteiger charge is 2.37. The van der Waals surface area contributed by atoms with Gasteiger partial charge in [0.2, 0.25) is 15.9 Å². The van der Waals surface area contributed by atoms with Crippen molar-refractivity contribution in [3.63, 3.8) is 0 Å². The Morgan fingerprint density at radius 2 is 1.85 bits per heavy atom. The van der Waals surface area contributed by atoms with Gasteiger partial charge in [0.15, 0.2) is 0 Å². The van der Waals surface area contributed by atoms with Crippen LogP contribution in [0.2, 0.25) is 0 Å². The second-order valence-electron chi connectivity index (χ2n) is 7.83. The van der Waals surface area contributed by atoms with Crippen LogP contribution in [0.5, 0.6) is 0 Å². The van der Waals surface area contributed by atoms with Crippen molar-refractivity contribution >= 4 is 21.6 Å². The van der Waals surface area contributed by atoms with E-state index in [9.17, 15) is 13.2 Å². The van der Waals surface area contributed by atoms with E-state index in [1.165, 1.54) is 6.92 Å². The lowest BCUT2D eigenvalue weighted by atomic mass is 9.87. The predicted molar refractivity (Wildman–Crippen MR) is 108 cm³/mol. The van der Waals surface area contributed by atoms with Crippen molar-refractivity contribution in [3.05, 3.63) is 59.7 Å². The van der Waals surface area contributed by atoms with E-state index in [1.807, 2.05) is 51.1 Å². The van der Waals surface area contributed by atoms with Crippen LogP contribution in [-0.4, -0.2) is 27.4 Å². The molecule has 6 heteroatoms. The number of nitrogens with one attached hydrogen (secondary N) is 1. The second-order valence-corrected chi connectivity index (χ2v) is 9.60. The molecule has 0 radical (unpaired) electrons. The molecule has 3 rings (SSSR count). The molecule has 27 heavy (non-hydrogen) atoms. The van der Waals surface area contributed by atoms with E-state index in [0.717, 1.165) is 16.8 Å². The molecule has 0 saturated carbocycles. The Balaban J connectivity index is 1.83. The van der Waals surface area contributed by atoms with Crippen molar-refractivity contribution in [1.82, 2.24) is 4.72 Å². The molecule has 5 nitrogen and oxygen atoms in total. The van der Waals surface area contributed by atoms with Crippen molar-refractivity contribution in [2.75, 3.05) is 18.0 Å². The minimum Gasteiger partial charge on any atom is -0.311 e. The molecule has 1 amide bonds. The van der Waals surface area contributed by atoms with E-state index in [0.29, 0.717) is 13.1 Å². The van der Waals surface area contributed by atoms with Crippen LogP contribution in [0.15, 0.2) is 53.4 Å². The van der Waals surface area contributed by atoms with E-state index >= 15 is 0 Å². The molecule has 1 N–H and O–H groups in total. The molecule has 2 aromatic carbocycles. The fourth-order valence-corrected chi connectivity index (χ4v) is 4.68. The summed E-state index contributed by atoms with van der Waals surface area (Å²) in [6.45, 7) is 8.45. The number of amides is 1. The van der Waals surface area contributed by atoms with Crippen LogP contribution in [-0.2, 0) is 20.2 Å². The Morgan fingerprint density at radius 3 is 2.48 bits per heavy atom. The van der Waals surface area contributed by atoms with Crippen LogP contribution >= 0.6 is 0 Å². The largest absolute Gasteiger partial charge is 0.311 e. The average molecular weight is 387 g/mol. The molecule has 0 fully saturated rings. The zero-order valence-corrected chi connectivity index (χ0v) is 17.0. The second kappa shape index (κ2) is 7.09. The number of rotatable bonds is 5. The first-order chi connectivity index (χ1) is 12.6. The quantitative estimate of drug-likeness (QED) is 0.856. The van der Waals surface area contributed by atoms with Crippen molar-refractivity contribution in [2.45, 2.75) is 43.9 Å². The number of benzene rings is 2. The summed E-state index contributed by atoms with van der Waals surface area (Å²) in [7, 11) is -3.63. The lowest BCUT2D eigenvalue weighted by molar-refractivity contribution is -0.116. The smallest absolute Gasteiger partial charge is 0.240 e. The van der Waals surface area contributed by atoms with E-state index in [4.69, 9.17) is 0 Å². The third-order valence-corrected chi connectivity index (χ3v) is 6.60. The molecule has 0 spiro atoms. The fourth-order valence-electron chi connectivity index (χ4n) is 3.52. The summed E-state index contributed by atoms with van der Waals surface area (Å²) in [6, 6.07) is 14.8. The Labute approximate surface area is 161 Å². The summed E-state index contributed by atoms with van der Waals surface area (Å²) in [5, 5.41) is 0. The predicted octanol–water partition coefficient (Wildman–Crippen LogP) is 3.41. The number of fused-ring (bicyclic) bond motifs is 1. The van der Waals surface area contributed by atoms with Gasteiger partial charge in [-0.25, -0.2) is 13.1 Å². The molecule has 0 unspecified atom stereocenters. The molecule has 1 aliphatic rings. The number of sulfonamides is 1. The van der Waals surface area contributed by atoms with Gasteiger partial charge in [0.1, 0.15) is 0 Å². The first-order valence-corrected chi connectivity index (χ1v) is 10.6. The van der Waals surface area contributed by atoms with E-state index in [-0.39, 0.29) is 22.1 Å². The molecule has 0 aliphatic carbocycles. The summed E-state index contributed by atoms with van der Waals surface area (Å²) < 4.78 is 28.3. The highest BCUT2D eigenvalue weighted by Crippen LogP contribution is 2.41. The summed E-state index contributed by atoms with van der Waals surface area (Å²) in [4.78, 5) is 13.8. The summed E-state index contributed by atoms with van der Waals surface area (Å²) >= 11 is 0. The lowest BCUT2D eigenvalue weighted by Gasteiger charge is -2.19. The van der Waals surface area contributed by atoms with Crippen LogP contribution in [0.4, 0.5) is 5.69 Å². The number of nitrogens with zero attached hydrogens (tertiary/aromatic N) is 1. The average Bonchev–Trinajstić information content (AvgIpc) is 2.91. The van der Waals surface area contributed by atoms with Gasteiger partial charge in [-0.1, -0.05) is 51.1 Å². The van der Waals surface area contributed by atoms with Crippen molar-refractivity contribution in [2.24, 2.45) is 0 Å². The van der Waals surface area contributed by atoms with Gasteiger partial charge in [0, 0.05) is 31.1 Å². The van der Waals surface area contributed by atoms with E-state index < -0.39 is 10.0 Å². The van der Waals surface area contributed by atoms with Gasteiger partial charge in [-0.05, 0) is 35.2 Å². The number of hydrogen-bond donors (Lipinski definition) is 1. The molecule has 1 heterocycles. The van der Waals surface area contributed by atoms with Crippen molar-refractivity contribution in [3.8, 4) is 0 Å². The molecular formula is C21H26N2O3S. The molecule has 2 aromatic rings. The van der Waals surface area contributed by atoms with Gasteiger partial charge >= 0.3 is 0 Å². The normalized spacial score (nSPS) is 16.8. The highest BCUT2D eigenvalue weighted by atomic mass is 32.2. The van der Waals surface area contributed by atoms with Crippen LogP contribution < -0.4 is 9.62 Å². The monoisotopic (exact) mass is 386 g/mol. The van der Waals surface area contributed by atoms with E-state index in [2.05, 4.69) is 4.72 Å². The minimum absolute atomic E-state index is 0.0350. The Kier molecular flexibility index (Phi) is 5.14. The minimum atomic E-state index is -3.63. The van der Waals surface area contributed by atoms with Crippen molar-refractivity contribution in [1.29, 1.82) is 0 Å². The lowest BCUT2D eigenvalue weighted by Crippen LogP contribution is -2.31. The molecule has 0 saturated heterocycles. The van der Waals surface area contributed by atoms with Crippen LogP contribution in [0.1, 0.15) is 44.7 Å². The van der Waals surface area contributed by atoms with Crippen LogP contribution in [0.25, 0.3) is 0 Å². The zero-order chi connectivity index (χ0) is 19.8. The third kappa shape index (κ3) is 3.92. The molecule has 144 valence electrons.